The van der Waals surface area contributed by atoms with E-state index in [9.17, 15) is 38.4 Å². The Labute approximate surface area is 207 Å². The fourth-order valence-corrected chi connectivity index (χ4v) is 5.41. The predicted octanol–water partition coefficient (Wildman–Crippen LogP) is -0.837. The van der Waals surface area contributed by atoms with E-state index in [-0.39, 0.29) is 6.42 Å². The molecule has 1 fully saturated rings. The second-order valence-electron chi connectivity index (χ2n) is 8.25. The molecule has 0 spiro atoms. The first kappa shape index (κ1) is 30.1. The summed E-state index contributed by atoms with van der Waals surface area (Å²) in [5, 5.41) is 0. The first-order chi connectivity index (χ1) is 17.8. The zero-order valence-electron chi connectivity index (χ0n) is 19.4. The molecule has 0 aromatic rings. The second-order valence-corrected chi connectivity index (χ2v) is 8.25. The Morgan fingerprint density at radius 3 is 1.43 bits per heavy atom. The average Bonchev–Trinajstić information content (AvgIpc) is 2.90. The van der Waals surface area contributed by atoms with E-state index >= 15 is 0 Å². The Morgan fingerprint density at radius 2 is 1.00 bits per heavy atom. The summed E-state index contributed by atoms with van der Waals surface area (Å²) in [6, 6.07) is -1.35. The van der Waals surface area contributed by atoms with Crippen molar-refractivity contribution in [3.63, 3.8) is 0 Å². The fourth-order valence-electron chi connectivity index (χ4n) is 5.41. The molecule has 0 bridgehead atoms. The summed E-state index contributed by atoms with van der Waals surface area (Å²) in [5.74, 6) is 0. The molecule has 16 nitrogen and oxygen atoms in total. The highest BCUT2D eigenvalue weighted by Crippen LogP contribution is 2.65. The van der Waals surface area contributed by atoms with Crippen molar-refractivity contribution in [3.8, 4) is 0 Å². The summed E-state index contributed by atoms with van der Waals surface area (Å²) in [6.07, 6.45) is 10.3. The molecule has 1 saturated carbocycles. The third-order valence-corrected chi connectivity index (χ3v) is 7.04. The number of nitrogens with zero attached hydrogens (tertiary/aromatic N) is 8. The molecule has 0 radical (unpaired) electrons. The average molecular weight is 510 g/mol. The zero-order valence-corrected chi connectivity index (χ0v) is 19.4. The van der Waals surface area contributed by atoms with Crippen LogP contribution in [0, 0.1) is 16.2 Å². The molecule has 0 heterocycles. The first-order valence-electron chi connectivity index (χ1n) is 10.2. The normalized spacial score (nSPS) is 29.4. The molecule has 0 saturated heterocycles. The summed E-state index contributed by atoms with van der Waals surface area (Å²) < 4.78 is 0. The Kier molecular flexibility index (Phi) is 11.2. The molecule has 190 valence electrons. The van der Waals surface area contributed by atoms with Crippen molar-refractivity contribution in [3.05, 3.63) is 0 Å². The number of rotatable bonds is 14. The van der Waals surface area contributed by atoms with Gasteiger partial charge in [-0.05, 0) is 6.42 Å². The minimum absolute atomic E-state index is 0.264. The van der Waals surface area contributed by atoms with E-state index in [0.717, 1.165) is 0 Å². The minimum Gasteiger partial charge on any atom is -0.211 e. The van der Waals surface area contributed by atoms with Crippen LogP contribution in [0.4, 0.5) is 0 Å². The van der Waals surface area contributed by atoms with Crippen molar-refractivity contribution in [2.45, 2.75) is 24.9 Å². The highest BCUT2D eigenvalue weighted by atomic mass is 16.1. The van der Waals surface area contributed by atoms with Crippen molar-refractivity contribution < 1.29 is 38.4 Å². The molecule has 37 heavy (non-hydrogen) atoms. The van der Waals surface area contributed by atoms with Gasteiger partial charge < -0.3 is 0 Å². The molecule has 0 aromatic carbocycles. The number of hydrogen-bond donors (Lipinski definition) is 0. The van der Waals surface area contributed by atoms with Gasteiger partial charge in [0.05, 0.1) is 50.7 Å². The van der Waals surface area contributed by atoms with Gasteiger partial charge in [-0.2, -0.15) is 4.99 Å². The van der Waals surface area contributed by atoms with Crippen LogP contribution in [0.1, 0.15) is 13.3 Å². The lowest BCUT2D eigenvalue weighted by molar-refractivity contribution is -0.129. The van der Waals surface area contributed by atoms with Crippen LogP contribution in [0.3, 0.4) is 0 Å². The van der Waals surface area contributed by atoms with Crippen LogP contribution in [0.15, 0.2) is 39.9 Å². The molecule has 0 N–H and O–H groups in total. The fraction of sp³-hybridized carbons (Fsp3) is 0.619. The number of hydrogen-bond acceptors (Lipinski definition) is 16. The highest BCUT2D eigenvalue weighted by molar-refractivity contribution is 5.46. The molecule has 1 aliphatic rings. The summed E-state index contributed by atoms with van der Waals surface area (Å²) in [5.41, 5.74) is -7.61. The van der Waals surface area contributed by atoms with Gasteiger partial charge in [0.1, 0.15) is 5.54 Å². The summed E-state index contributed by atoms with van der Waals surface area (Å²) in [6.45, 7) is -2.40. The van der Waals surface area contributed by atoms with Gasteiger partial charge in [0, 0.05) is 10.8 Å². The standard InChI is InChI=1S/C21H18N8O8/c1-18(3-22-9-30)2-17(28-15-36)19(4-23-10-31,5-24-11-32)21(29-16-37,8-27-14-35)20(18,6-25-12-33)7-26-13-34/h17H,2-8H2,1H3. The number of aliphatic imine (C=N–C) groups is 8. The topological polar surface area (TPSA) is 235 Å². The quantitative estimate of drug-likeness (QED) is 0.210. The Hall–Kier alpha value is -4.96. The molecule has 0 aromatic heterocycles. The van der Waals surface area contributed by atoms with Crippen LogP contribution in [0.25, 0.3) is 0 Å². The Bertz CT molecular complexity index is 1220. The molecule has 3 unspecified atom stereocenters. The lowest BCUT2D eigenvalue weighted by Crippen LogP contribution is -2.77. The summed E-state index contributed by atoms with van der Waals surface area (Å²) in [7, 11) is 0. The zero-order chi connectivity index (χ0) is 27.8. The van der Waals surface area contributed by atoms with Crippen LogP contribution in [-0.4, -0.2) is 99.5 Å². The molecule has 0 aliphatic heterocycles. The van der Waals surface area contributed by atoms with Crippen molar-refractivity contribution in [2.24, 2.45) is 56.2 Å². The molecular weight excluding hydrogens is 492 g/mol. The maximum atomic E-state index is 11.9. The van der Waals surface area contributed by atoms with Gasteiger partial charge in [-0.3, -0.25) is 0 Å². The molecule has 0 amide bonds. The summed E-state index contributed by atoms with van der Waals surface area (Å²) in [4.78, 5) is 120. The van der Waals surface area contributed by atoms with Crippen LogP contribution in [0.2, 0.25) is 0 Å². The maximum absolute atomic E-state index is 11.9. The van der Waals surface area contributed by atoms with Gasteiger partial charge in [0.2, 0.25) is 48.6 Å². The van der Waals surface area contributed by atoms with E-state index in [0.29, 0.717) is 0 Å². The van der Waals surface area contributed by atoms with Gasteiger partial charge in [0.15, 0.2) is 0 Å². The Balaban J connectivity index is 4.66. The molecule has 16 heteroatoms. The van der Waals surface area contributed by atoms with E-state index in [2.05, 4.69) is 39.9 Å². The van der Waals surface area contributed by atoms with Crippen molar-refractivity contribution >= 4 is 48.6 Å². The highest BCUT2D eigenvalue weighted by Gasteiger charge is 2.75. The SMILES string of the molecule is CC1(CN=C=O)CC(N=C=O)C(CN=C=O)(CN=C=O)C(CN=C=O)(N=C=O)C1(CN=C=O)CN=C=O. The molecule has 1 aliphatic carbocycles. The van der Waals surface area contributed by atoms with Crippen LogP contribution in [0.5, 0.6) is 0 Å². The first-order valence-corrected chi connectivity index (χ1v) is 10.2. The monoisotopic (exact) mass is 510 g/mol. The van der Waals surface area contributed by atoms with Gasteiger partial charge >= 0.3 is 0 Å². The second kappa shape index (κ2) is 13.8. The molecule has 3 atom stereocenters. The van der Waals surface area contributed by atoms with Gasteiger partial charge in [0.25, 0.3) is 0 Å². The van der Waals surface area contributed by atoms with Crippen LogP contribution in [-0.2, 0) is 38.4 Å². The van der Waals surface area contributed by atoms with Crippen molar-refractivity contribution in [1.29, 1.82) is 0 Å². The van der Waals surface area contributed by atoms with Crippen molar-refractivity contribution in [1.82, 2.24) is 0 Å². The van der Waals surface area contributed by atoms with Gasteiger partial charge in [-0.15, -0.1) is 0 Å². The number of carbonyl (C=O) groups excluding carboxylic acids is 8. The van der Waals surface area contributed by atoms with Crippen LogP contribution < -0.4 is 0 Å². The molecule has 1 rings (SSSR count). The van der Waals surface area contributed by atoms with Crippen molar-refractivity contribution in [2.75, 3.05) is 39.3 Å². The van der Waals surface area contributed by atoms with E-state index in [1.165, 1.54) is 55.6 Å². The smallest absolute Gasteiger partial charge is 0.211 e. The third-order valence-electron chi connectivity index (χ3n) is 7.04. The third kappa shape index (κ3) is 5.34. The van der Waals surface area contributed by atoms with E-state index in [1.807, 2.05) is 0 Å². The van der Waals surface area contributed by atoms with E-state index in [1.54, 1.807) is 0 Å². The predicted molar refractivity (Wildman–Crippen MR) is 118 cm³/mol. The lowest BCUT2D eigenvalue weighted by Gasteiger charge is -2.66. The molecular formula is C21H18N8O8. The maximum Gasteiger partial charge on any atom is 0.235 e. The minimum atomic E-state index is -2.27. The Morgan fingerprint density at radius 1 is 0.568 bits per heavy atom. The summed E-state index contributed by atoms with van der Waals surface area (Å²) >= 11 is 0. The lowest BCUT2D eigenvalue weighted by atomic mass is 9.39. The van der Waals surface area contributed by atoms with Gasteiger partial charge in [-0.1, -0.05) is 6.92 Å². The largest absolute Gasteiger partial charge is 0.235 e. The van der Waals surface area contributed by atoms with E-state index < -0.39 is 67.1 Å². The van der Waals surface area contributed by atoms with Gasteiger partial charge in [-0.25, -0.2) is 73.3 Å². The van der Waals surface area contributed by atoms with Crippen LogP contribution >= 0.6 is 0 Å². The number of isocyanates is 8. The van der Waals surface area contributed by atoms with E-state index in [4.69, 9.17) is 0 Å².